The van der Waals surface area contributed by atoms with Gasteiger partial charge in [0.1, 0.15) is 0 Å². The lowest BCUT2D eigenvalue weighted by molar-refractivity contribution is 0.629. The van der Waals surface area contributed by atoms with Crippen LogP contribution in [-0.2, 0) is 13.0 Å². The summed E-state index contributed by atoms with van der Waals surface area (Å²) in [4.78, 5) is 15.6. The first kappa shape index (κ1) is 9.60. The molecular weight excluding hydrogens is 200 g/mol. The fourth-order valence-corrected chi connectivity index (χ4v) is 2.32. The minimum absolute atomic E-state index is 0.180. The first-order chi connectivity index (χ1) is 7.75. The van der Waals surface area contributed by atoms with Crippen LogP contribution < -0.4 is 10.7 Å². The number of fused-ring (bicyclic) bond motifs is 2. The summed E-state index contributed by atoms with van der Waals surface area (Å²) in [5.74, 6) is 0. The first-order valence-corrected chi connectivity index (χ1v) is 5.61. The molecule has 2 aromatic rings. The minimum Gasteiger partial charge on any atom is -0.358 e. The Kier molecular flexibility index (Phi) is 2.07. The van der Waals surface area contributed by atoms with Crippen molar-refractivity contribution in [2.24, 2.45) is 0 Å². The van der Waals surface area contributed by atoms with Crippen LogP contribution in [0.2, 0.25) is 0 Å². The van der Waals surface area contributed by atoms with Gasteiger partial charge >= 0.3 is 0 Å². The van der Waals surface area contributed by atoms with Gasteiger partial charge in [-0.05, 0) is 19.1 Å². The Bertz CT molecular complexity index is 613. The highest BCUT2D eigenvalue weighted by Crippen LogP contribution is 2.15. The number of H-pyrrole nitrogens is 1. The van der Waals surface area contributed by atoms with E-state index in [2.05, 4.69) is 10.3 Å². The van der Waals surface area contributed by atoms with Crippen LogP contribution >= 0.6 is 0 Å². The zero-order valence-electron chi connectivity index (χ0n) is 9.26. The number of nitrogens with one attached hydrogen (secondary N) is 2. The Balaban J connectivity index is 2.40. The van der Waals surface area contributed by atoms with E-state index in [0.717, 1.165) is 40.7 Å². The van der Waals surface area contributed by atoms with E-state index in [0.29, 0.717) is 6.54 Å². The van der Waals surface area contributed by atoms with Crippen molar-refractivity contribution in [3.63, 3.8) is 0 Å². The number of hydrogen-bond acceptors (Lipinski definition) is 2. The van der Waals surface area contributed by atoms with Crippen LogP contribution in [0.15, 0.2) is 23.0 Å². The smallest absolute Gasteiger partial charge is 0.194 e. The maximum atomic E-state index is 12.3. The van der Waals surface area contributed by atoms with Gasteiger partial charge < -0.3 is 10.3 Å². The van der Waals surface area contributed by atoms with Crippen LogP contribution in [0.3, 0.4) is 0 Å². The van der Waals surface area contributed by atoms with Crippen molar-refractivity contribution >= 4 is 10.9 Å². The average molecular weight is 214 g/mol. The fourth-order valence-electron chi connectivity index (χ4n) is 2.32. The SMILES string of the molecule is Cc1ccc2[nH]c3c(c(=O)c2c1)CNCC3. The second-order valence-electron chi connectivity index (χ2n) is 4.39. The van der Waals surface area contributed by atoms with E-state index in [1.54, 1.807) is 0 Å². The number of hydrogen-bond donors (Lipinski definition) is 2. The van der Waals surface area contributed by atoms with Crippen molar-refractivity contribution in [2.75, 3.05) is 6.54 Å². The van der Waals surface area contributed by atoms with Crippen molar-refractivity contribution < 1.29 is 0 Å². The molecule has 16 heavy (non-hydrogen) atoms. The molecule has 0 fully saturated rings. The van der Waals surface area contributed by atoms with E-state index in [4.69, 9.17) is 0 Å². The van der Waals surface area contributed by atoms with Gasteiger partial charge in [-0.2, -0.15) is 0 Å². The molecule has 0 unspecified atom stereocenters. The third-order valence-electron chi connectivity index (χ3n) is 3.20. The van der Waals surface area contributed by atoms with Crippen molar-refractivity contribution in [1.29, 1.82) is 0 Å². The standard InChI is InChI=1S/C13H14N2O/c1-8-2-3-11-9(6-8)13(16)10-7-14-5-4-12(10)15-11/h2-3,6,14H,4-5,7H2,1H3,(H,15,16). The van der Waals surface area contributed by atoms with Crippen LogP contribution in [-0.4, -0.2) is 11.5 Å². The summed E-state index contributed by atoms with van der Waals surface area (Å²) < 4.78 is 0. The maximum Gasteiger partial charge on any atom is 0.194 e. The zero-order valence-corrected chi connectivity index (χ0v) is 9.26. The molecule has 0 amide bonds. The predicted octanol–water partition coefficient (Wildman–Crippen LogP) is 1.48. The summed E-state index contributed by atoms with van der Waals surface area (Å²) in [5, 5.41) is 4.05. The normalized spacial score (nSPS) is 15.1. The van der Waals surface area contributed by atoms with Crippen LogP contribution in [0.25, 0.3) is 10.9 Å². The summed E-state index contributed by atoms with van der Waals surface area (Å²) in [6.45, 7) is 3.64. The number of rotatable bonds is 0. The molecule has 82 valence electrons. The number of aromatic nitrogens is 1. The zero-order chi connectivity index (χ0) is 11.1. The topological polar surface area (TPSA) is 44.9 Å². The van der Waals surface area contributed by atoms with Crippen LogP contribution in [0.1, 0.15) is 16.8 Å². The van der Waals surface area contributed by atoms with Crippen LogP contribution in [0, 0.1) is 6.92 Å². The molecule has 0 saturated carbocycles. The van der Waals surface area contributed by atoms with Crippen molar-refractivity contribution in [3.05, 3.63) is 45.2 Å². The van der Waals surface area contributed by atoms with Gasteiger partial charge in [0.25, 0.3) is 0 Å². The lowest BCUT2D eigenvalue weighted by Gasteiger charge is -2.17. The fraction of sp³-hybridized carbons (Fsp3) is 0.308. The van der Waals surface area contributed by atoms with Gasteiger partial charge in [0.2, 0.25) is 0 Å². The highest BCUT2D eigenvalue weighted by Gasteiger charge is 2.14. The molecule has 3 rings (SSSR count). The predicted molar refractivity (Wildman–Crippen MR) is 64.7 cm³/mol. The van der Waals surface area contributed by atoms with E-state index in [9.17, 15) is 4.79 Å². The Labute approximate surface area is 93.5 Å². The molecule has 0 radical (unpaired) electrons. The first-order valence-electron chi connectivity index (χ1n) is 5.61. The minimum atomic E-state index is 0.180. The second-order valence-corrected chi connectivity index (χ2v) is 4.39. The number of pyridine rings is 1. The molecule has 2 N–H and O–H groups in total. The van der Waals surface area contributed by atoms with E-state index >= 15 is 0 Å². The molecule has 0 bridgehead atoms. The Morgan fingerprint density at radius 3 is 3.06 bits per heavy atom. The highest BCUT2D eigenvalue weighted by molar-refractivity contribution is 5.80. The largest absolute Gasteiger partial charge is 0.358 e. The maximum absolute atomic E-state index is 12.3. The van der Waals surface area contributed by atoms with Gasteiger partial charge in [0.15, 0.2) is 5.43 Å². The van der Waals surface area contributed by atoms with Crippen molar-refractivity contribution in [1.82, 2.24) is 10.3 Å². The third-order valence-corrected chi connectivity index (χ3v) is 3.20. The lowest BCUT2D eigenvalue weighted by atomic mass is 10.0. The summed E-state index contributed by atoms with van der Waals surface area (Å²) >= 11 is 0. The quantitative estimate of drug-likeness (QED) is 0.697. The lowest BCUT2D eigenvalue weighted by Crippen LogP contribution is -2.30. The van der Waals surface area contributed by atoms with Gasteiger partial charge in [0.05, 0.1) is 0 Å². The molecule has 0 aliphatic carbocycles. The highest BCUT2D eigenvalue weighted by atomic mass is 16.1. The number of aryl methyl sites for hydroxylation is 1. The average Bonchev–Trinajstić information content (AvgIpc) is 2.31. The van der Waals surface area contributed by atoms with E-state index in [1.165, 1.54) is 0 Å². The van der Waals surface area contributed by atoms with Gasteiger partial charge in [-0.15, -0.1) is 0 Å². The monoisotopic (exact) mass is 214 g/mol. The molecule has 0 saturated heterocycles. The summed E-state index contributed by atoms with van der Waals surface area (Å²) in [6, 6.07) is 5.99. The van der Waals surface area contributed by atoms with Crippen molar-refractivity contribution in [3.8, 4) is 0 Å². The molecule has 3 nitrogen and oxygen atoms in total. The second kappa shape index (κ2) is 3.46. The Morgan fingerprint density at radius 1 is 1.31 bits per heavy atom. The molecule has 1 aliphatic heterocycles. The Hall–Kier alpha value is -1.61. The van der Waals surface area contributed by atoms with Crippen LogP contribution in [0.5, 0.6) is 0 Å². The van der Waals surface area contributed by atoms with E-state index in [-0.39, 0.29) is 5.43 Å². The molecule has 1 aromatic carbocycles. The summed E-state index contributed by atoms with van der Waals surface area (Å²) in [6.07, 6.45) is 0.911. The molecular formula is C13H14N2O. The van der Waals surface area contributed by atoms with Gasteiger partial charge in [0, 0.05) is 41.7 Å². The third kappa shape index (κ3) is 1.36. The van der Waals surface area contributed by atoms with Gasteiger partial charge in [-0.25, -0.2) is 0 Å². The Morgan fingerprint density at radius 2 is 2.19 bits per heavy atom. The van der Waals surface area contributed by atoms with Crippen LogP contribution in [0.4, 0.5) is 0 Å². The summed E-state index contributed by atoms with van der Waals surface area (Å²) in [5.41, 5.74) is 4.27. The molecule has 2 heterocycles. The molecule has 1 aliphatic rings. The van der Waals surface area contributed by atoms with E-state index in [1.807, 2.05) is 25.1 Å². The van der Waals surface area contributed by atoms with E-state index < -0.39 is 0 Å². The molecule has 0 spiro atoms. The van der Waals surface area contributed by atoms with Gasteiger partial charge in [-0.3, -0.25) is 4.79 Å². The van der Waals surface area contributed by atoms with Crippen molar-refractivity contribution in [2.45, 2.75) is 19.9 Å². The number of benzene rings is 1. The summed E-state index contributed by atoms with van der Waals surface area (Å²) in [7, 11) is 0. The molecule has 0 atom stereocenters. The van der Waals surface area contributed by atoms with Gasteiger partial charge in [-0.1, -0.05) is 11.6 Å². The molecule has 1 aromatic heterocycles. The number of aromatic amines is 1. The molecule has 3 heteroatoms.